The average molecular weight is 423 g/mol. The highest BCUT2D eigenvalue weighted by Crippen LogP contribution is 2.25. The smallest absolute Gasteiger partial charge is 0.220 e. The van der Waals surface area contributed by atoms with Crippen molar-refractivity contribution in [2.75, 3.05) is 32.8 Å². The van der Waals surface area contributed by atoms with Gasteiger partial charge in [0.25, 0.3) is 0 Å². The van der Waals surface area contributed by atoms with Crippen LogP contribution in [0.1, 0.15) is 23.8 Å². The first kappa shape index (κ1) is 21.3. The number of hydrogen-bond acceptors (Lipinski definition) is 4. The molecule has 5 nitrogen and oxygen atoms in total. The van der Waals surface area contributed by atoms with Gasteiger partial charge in [-0.15, -0.1) is 0 Å². The summed E-state index contributed by atoms with van der Waals surface area (Å²) in [6.07, 6.45) is 0.760. The minimum absolute atomic E-state index is 0.0362. The molecule has 162 valence electrons. The number of carbonyl (C=O) groups is 1. The number of benzene rings is 2. The maximum atomic E-state index is 14.0. The molecule has 1 aliphatic rings. The Bertz CT molecular complexity index is 983. The summed E-state index contributed by atoms with van der Waals surface area (Å²) in [4.78, 5) is 15.0. The second-order valence-electron chi connectivity index (χ2n) is 7.69. The SMILES string of the molecule is O=C(CCc1ccc(-c2ccccc2F)o1)N[C@@H](CN1CCOCC1)c1ccccc1. The van der Waals surface area contributed by atoms with Crippen LogP contribution in [0.5, 0.6) is 0 Å². The van der Waals surface area contributed by atoms with Crippen LogP contribution < -0.4 is 5.32 Å². The zero-order chi connectivity index (χ0) is 21.5. The van der Waals surface area contributed by atoms with Crippen molar-refractivity contribution in [3.05, 3.63) is 83.9 Å². The third kappa shape index (κ3) is 5.81. The summed E-state index contributed by atoms with van der Waals surface area (Å²) in [5, 5.41) is 3.18. The minimum atomic E-state index is -0.324. The van der Waals surface area contributed by atoms with E-state index in [1.807, 2.05) is 30.3 Å². The molecule has 1 aliphatic heterocycles. The lowest BCUT2D eigenvalue weighted by Crippen LogP contribution is -2.43. The summed E-state index contributed by atoms with van der Waals surface area (Å²) in [6.45, 7) is 3.92. The Balaban J connectivity index is 1.36. The molecule has 1 amide bonds. The molecule has 3 aromatic rings. The van der Waals surface area contributed by atoms with Crippen molar-refractivity contribution in [3.63, 3.8) is 0 Å². The van der Waals surface area contributed by atoms with Gasteiger partial charge in [0.15, 0.2) is 0 Å². The fraction of sp³-hybridized carbons (Fsp3) is 0.320. The van der Waals surface area contributed by atoms with Gasteiger partial charge in [-0.2, -0.15) is 0 Å². The number of hydrogen-bond donors (Lipinski definition) is 1. The van der Waals surface area contributed by atoms with Crippen molar-refractivity contribution in [2.24, 2.45) is 0 Å². The predicted octanol–water partition coefficient (Wildman–Crippen LogP) is 4.21. The molecule has 31 heavy (non-hydrogen) atoms. The average Bonchev–Trinajstić information content (AvgIpc) is 3.28. The van der Waals surface area contributed by atoms with E-state index in [0.717, 1.165) is 38.4 Å². The highest BCUT2D eigenvalue weighted by Gasteiger charge is 2.20. The lowest BCUT2D eigenvalue weighted by molar-refractivity contribution is -0.122. The van der Waals surface area contributed by atoms with Crippen molar-refractivity contribution in [2.45, 2.75) is 18.9 Å². The van der Waals surface area contributed by atoms with Crippen LogP contribution in [0.4, 0.5) is 4.39 Å². The summed E-state index contributed by atoms with van der Waals surface area (Å²) in [5.74, 6) is 0.779. The molecule has 0 bridgehead atoms. The number of ether oxygens (including phenoxy) is 1. The number of amides is 1. The van der Waals surface area contributed by atoms with Gasteiger partial charge < -0.3 is 14.5 Å². The molecule has 4 rings (SSSR count). The van der Waals surface area contributed by atoms with E-state index < -0.39 is 0 Å². The maximum absolute atomic E-state index is 14.0. The number of morpholine rings is 1. The molecule has 1 saturated heterocycles. The van der Waals surface area contributed by atoms with Gasteiger partial charge in [0.2, 0.25) is 5.91 Å². The standard InChI is InChI=1S/C25H27FN2O3/c26-22-9-5-4-8-21(22)24-12-10-20(31-24)11-13-25(29)27-23(19-6-2-1-3-7-19)18-28-14-16-30-17-15-28/h1-10,12,23H,11,13-18H2,(H,27,29)/t23-/m0/s1. The Morgan fingerprint density at radius 3 is 2.52 bits per heavy atom. The van der Waals surface area contributed by atoms with E-state index in [0.29, 0.717) is 29.9 Å². The Hall–Kier alpha value is -2.96. The monoisotopic (exact) mass is 422 g/mol. The van der Waals surface area contributed by atoms with Crippen LogP contribution in [0.3, 0.4) is 0 Å². The Morgan fingerprint density at radius 1 is 1.00 bits per heavy atom. The van der Waals surface area contributed by atoms with E-state index in [2.05, 4.69) is 10.2 Å². The zero-order valence-corrected chi connectivity index (χ0v) is 17.4. The zero-order valence-electron chi connectivity index (χ0n) is 17.4. The number of nitrogens with one attached hydrogen (secondary N) is 1. The topological polar surface area (TPSA) is 54.7 Å². The van der Waals surface area contributed by atoms with Crippen molar-refractivity contribution < 1.29 is 18.3 Å². The van der Waals surface area contributed by atoms with Gasteiger partial charge in [0.05, 0.1) is 24.8 Å². The molecule has 0 saturated carbocycles. The molecule has 0 radical (unpaired) electrons. The van der Waals surface area contributed by atoms with Crippen LogP contribution in [-0.4, -0.2) is 43.7 Å². The van der Waals surface area contributed by atoms with Gasteiger partial charge in [-0.3, -0.25) is 9.69 Å². The van der Waals surface area contributed by atoms with Crippen LogP contribution >= 0.6 is 0 Å². The van der Waals surface area contributed by atoms with Crippen molar-refractivity contribution >= 4 is 5.91 Å². The lowest BCUT2D eigenvalue weighted by atomic mass is 10.1. The molecule has 0 aliphatic carbocycles. The van der Waals surface area contributed by atoms with E-state index in [1.54, 1.807) is 30.3 Å². The molecule has 6 heteroatoms. The Morgan fingerprint density at radius 2 is 1.74 bits per heavy atom. The van der Waals surface area contributed by atoms with E-state index in [4.69, 9.17) is 9.15 Å². The van der Waals surface area contributed by atoms with E-state index in [9.17, 15) is 9.18 Å². The van der Waals surface area contributed by atoms with Crippen molar-refractivity contribution in [1.29, 1.82) is 0 Å². The second-order valence-corrected chi connectivity index (χ2v) is 7.69. The summed E-state index contributed by atoms with van der Waals surface area (Å²) in [6, 6.07) is 20.0. The normalized spacial score (nSPS) is 15.5. The lowest BCUT2D eigenvalue weighted by Gasteiger charge is -2.31. The molecular weight excluding hydrogens is 395 g/mol. The van der Waals surface area contributed by atoms with Crippen LogP contribution in [0, 0.1) is 5.82 Å². The number of furan rings is 1. The summed E-state index contributed by atoms with van der Waals surface area (Å²) < 4.78 is 25.2. The van der Waals surface area contributed by atoms with Gasteiger partial charge in [0.1, 0.15) is 17.3 Å². The predicted molar refractivity (Wildman–Crippen MR) is 117 cm³/mol. The first-order valence-corrected chi connectivity index (χ1v) is 10.7. The molecular formula is C25H27FN2O3. The van der Waals surface area contributed by atoms with Crippen LogP contribution in [0.2, 0.25) is 0 Å². The fourth-order valence-corrected chi connectivity index (χ4v) is 3.78. The number of nitrogens with zero attached hydrogens (tertiary/aromatic N) is 1. The Labute approximate surface area is 181 Å². The largest absolute Gasteiger partial charge is 0.461 e. The molecule has 1 aromatic heterocycles. The molecule has 2 aromatic carbocycles. The van der Waals surface area contributed by atoms with Gasteiger partial charge in [-0.1, -0.05) is 42.5 Å². The van der Waals surface area contributed by atoms with E-state index in [-0.39, 0.29) is 17.8 Å². The molecule has 1 atom stereocenters. The fourth-order valence-electron chi connectivity index (χ4n) is 3.78. The minimum Gasteiger partial charge on any atom is -0.461 e. The first-order valence-electron chi connectivity index (χ1n) is 10.7. The quantitative estimate of drug-likeness (QED) is 0.591. The van der Waals surface area contributed by atoms with Gasteiger partial charge in [0, 0.05) is 32.5 Å². The number of carbonyl (C=O) groups excluding carboxylic acids is 1. The molecule has 1 N–H and O–H groups in total. The van der Waals surface area contributed by atoms with E-state index in [1.165, 1.54) is 6.07 Å². The first-order chi connectivity index (χ1) is 15.2. The summed E-state index contributed by atoms with van der Waals surface area (Å²) >= 11 is 0. The second kappa shape index (κ2) is 10.4. The van der Waals surface area contributed by atoms with Crippen molar-refractivity contribution in [3.8, 4) is 11.3 Å². The van der Waals surface area contributed by atoms with E-state index >= 15 is 0 Å². The highest BCUT2D eigenvalue weighted by molar-refractivity contribution is 5.76. The van der Waals surface area contributed by atoms with Crippen LogP contribution in [-0.2, 0) is 16.0 Å². The third-order valence-corrected chi connectivity index (χ3v) is 5.48. The number of halogens is 1. The molecule has 1 fully saturated rings. The van der Waals surface area contributed by atoms with Gasteiger partial charge in [-0.25, -0.2) is 4.39 Å². The van der Waals surface area contributed by atoms with Gasteiger partial charge in [-0.05, 0) is 29.8 Å². The highest BCUT2D eigenvalue weighted by atomic mass is 19.1. The Kier molecular flexibility index (Phi) is 7.12. The molecule has 2 heterocycles. The van der Waals surface area contributed by atoms with Gasteiger partial charge >= 0.3 is 0 Å². The summed E-state index contributed by atoms with van der Waals surface area (Å²) in [7, 11) is 0. The molecule has 0 spiro atoms. The third-order valence-electron chi connectivity index (χ3n) is 5.48. The number of rotatable bonds is 8. The number of aryl methyl sites for hydroxylation is 1. The summed E-state index contributed by atoms with van der Waals surface area (Å²) in [5.41, 5.74) is 1.51. The van der Waals surface area contributed by atoms with Crippen LogP contribution in [0.25, 0.3) is 11.3 Å². The van der Waals surface area contributed by atoms with Crippen LogP contribution in [0.15, 0.2) is 71.1 Å². The van der Waals surface area contributed by atoms with Crippen molar-refractivity contribution in [1.82, 2.24) is 10.2 Å². The maximum Gasteiger partial charge on any atom is 0.220 e. The molecule has 0 unspecified atom stereocenters.